The van der Waals surface area contributed by atoms with Gasteiger partial charge in [-0.15, -0.1) is 0 Å². The van der Waals surface area contributed by atoms with E-state index in [1.54, 1.807) is 0 Å². The molecule has 1 fully saturated rings. The van der Waals surface area contributed by atoms with Gasteiger partial charge in [0.1, 0.15) is 21.9 Å². The smallest absolute Gasteiger partial charge is 0.305 e. The van der Waals surface area contributed by atoms with Crippen LogP contribution in [0.2, 0.25) is 0 Å². The molecule has 1 aliphatic rings. The quantitative estimate of drug-likeness (QED) is 0.418. The fourth-order valence-electron chi connectivity index (χ4n) is 2.17. The van der Waals surface area contributed by atoms with Gasteiger partial charge in [0.15, 0.2) is 0 Å². The van der Waals surface area contributed by atoms with Gasteiger partial charge < -0.3 is 20.6 Å². The van der Waals surface area contributed by atoms with Crippen LogP contribution in [0, 0.1) is 0 Å². The number of carboxylic acids is 1. The van der Waals surface area contributed by atoms with Crippen molar-refractivity contribution in [3.8, 4) is 11.5 Å². The normalized spacial score (nSPS) is 16.8. The van der Waals surface area contributed by atoms with E-state index >= 15 is 0 Å². The van der Waals surface area contributed by atoms with Gasteiger partial charge in [0, 0.05) is 18.2 Å². The number of thioether (sulfide) groups is 1. The molecular formula is C16H16N2O6S2. The largest absolute Gasteiger partial charge is 0.508 e. The zero-order chi connectivity index (χ0) is 19.4. The summed E-state index contributed by atoms with van der Waals surface area (Å²) in [6.45, 7) is 1.44. The van der Waals surface area contributed by atoms with Crippen LogP contribution in [0.15, 0.2) is 23.1 Å². The van der Waals surface area contributed by atoms with Gasteiger partial charge in [0.05, 0.1) is 11.3 Å². The van der Waals surface area contributed by atoms with Gasteiger partial charge in [0.25, 0.3) is 5.91 Å². The van der Waals surface area contributed by atoms with Crippen LogP contribution >= 0.6 is 24.0 Å². The van der Waals surface area contributed by atoms with E-state index in [0.29, 0.717) is 5.56 Å². The molecule has 1 aromatic rings. The van der Waals surface area contributed by atoms with Crippen molar-refractivity contribution in [2.24, 2.45) is 0 Å². The van der Waals surface area contributed by atoms with Crippen molar-refractivity contribution in [3.63, 3.8) is 0 Å². The summed E-state index contributed by atoms with van der Waals surface area (Å²) in [6, 6.07) is 3.05. The van der Waals surface area contributed by atoms with Crippen LogP contribution in [0.3, 0.4) is 0 Å². The number of thiocarbonyl (C=S) groups is 1. The predicted molar refractivity (Wildman–Crippen MR) is 99.5 cm³/mol. The van der Waals surface area contributed by atoms with Gasteiger partial charge in [-0.2, -0.15) is 0 Å². The Hall–Kier alpha value is -2.59. The van der Waals surface area contributed by atoms with Crippen LogP contribution in [0.5, 0.6) is 11.5 Å². The Morgan fingerprint density at radius 3 is 2.69 bits per heavy atom. The molecule has 2 rings (SSSR count). The number of carboxylic acid groups (broad SMARTS) is 1. The third kappa shape index (κ3) is 4.52. The zero-order valence-electron chi connectivity index (χ0n) is 13.6. The summed E-state index contributed by atoms with van der Waals surface area (Å²) < 4.78 is 0.181. The van der Waals surface area contributed by atoms with E-state index in [4.69, 9.17) is 17.3 Å². The molecule has 2 amide bonds. The summed E-state index contributed by atoms with van der Waals surface area (Å²) in [5, 5.41) is 30.2. The maximum Gasteiger partial charge on any atom is 0.305 e. The third-order valence-corrected chi connectivity index (χ3v) is 4.86. The maximum absolute atomic E-state index is 12.6. The molecule has 4 N–H and O–H groups in total. The van der Waals surface area contributed by atoms with Crippen LogP contribution < -0.4 is 5.32 Å². The summed E-state index contributed by atoms with van der Waals surface area (Å²) in [6.07, 6.45) is 1.19. The molecule has 1 atom stereocenters. The molecule has 138 valence electrons. The molecule has 0 spiro atoms. The lowest BCUT2D eigenvalue weighted by Gasteiger charge is -2.22. The number of benzene rings is 1. The molecule has 1 heterocycles. The molecule has 1 aliphatic heterocycles. The Kier molecular flexibility index (Phi) is 6.22. The van der Waals surface area contributed by atoms with Crippen LogP contribution in [0.25, 0.3) is 6.08 Å². The highest BCUT2D eigenvalue weighted by Gasteiger charge is 2.38. The Morgan fingerprint density at radius 2 is 2.08 bits per heavy atom. The average molecular weight is 396 g/mol. The van der Waals surface area contributed by atoms with Gasteiger partial charge in [-0.1, -0.05) is 24.0 Å². The van der Waals surface area contributed by atoms with Crippen molar-refractivity contribution >= 4 is 52.2 Å². The molecule has 1 saturated heterocycles. The average Bonchev–Trinajstić information content (AvgIpc) is 2.83. The number of phenols is 2. The Balaban J connectivity index is 2.13. The minimum Gasteiger partial charge on any atom is -0.508 e. The van der Waals surface area contributed by atoms with Gasteiger partial charge in [-0.25, -0.2) is 0 Å². The Labute approximate surface area is 158 Å². The number of carbonyl (C=O) groups excluding carboxylic acids is 2. The molecule has 0 aromatic heterocycles. The fraction of sp³-hybridized carbons (Fsp3) is 0.250. The number of carbonyl (C=O) groups is 3. The topological polar surface area (TPSA) is 127 Å². The molecule has 8 nitrogen and oxygen atoms in total. The number of hydrogen-bond acceptors (Lipinski definition) is 7. The second kappa shape index (κ2) is 8.19. The molecule has 0 radical (unpaired) electrons. The number of nitrogens with zero attached hydrogens (tertiary/aromatic N) is 1. The second-order valence-electron chi connectivity index (χ2n) is 5.41. The molecule has 0 aliphatic carbocycles. The van der Waals surface area contributed by atoms with E-state index in [-0.39, 0.29) is 33.7 Å². The molecule has 10 heteroatoms. The molecule has 1 aromatic carbocycles. The molecule has 26 heavy (non-hydrogen) atoms. The van der Waals surface area contributed by atoms with Gasteiger partial charge in [-0.3, -0.25) is 19.3 Å². The SMILES string of the molecule is CC(C(=O)NCCC(=O)O)N1C(=O)/C(=C/c2ccc(O)cc2O)SC1=S. The van der Waals surface area contributed by atoms with E-state index < -0.39 is 23.8 Å². The maximum atomic E-state index is 12.6. The number of phenolic OH excluding ortho intramolecular Hbond substituents is 2. The first-order valence-corrected chi connectivity index (χ1v) is 8.71. The first-order chi connectivity index (χ1) is 12.2. The Bertz CT molecular complexity index is 808. The first-order valence-electron chi connectivity index (χ1n) is 7.49. The minimum atomic E-state index is -1.04. The number of rotatable bonds is 6. The van der Waals surface area contributed by atoms with Crippen molar-refractivity contribution in [3.05, 3.63) is 28.7 Å². The molecule has 0 bridgehead atoms. The summed E-state index contributed by atoms with van der Waals surface area (Å²) in [5.41, 5.74) is 0.321. The van der Waals surface area contributed by atoms with Gasteiger partial charge >= 0.3 is 5.97 Å². The lowest BCUT2D eigenvalue weighted by Crippen LogP contribution is -2.47. The first kappa shape index (κ1) is 19.7. The molecular weight excluding hydrogens is 380 g/mol. The van der Waals surface area contributed by atoms with Crippen LogP contribution in [0.1, 0.15) is 18.9 Å². The second-order valence-corrected chi connectivity index (χ2v) is 7.08. The van der Waals surface area contributed by atoms with Crippen LogP contribution in [0.4, 0.5) is 0 Å². The van der Waals surface area contributed by atoms with Gasteiger partial charge in [0.2, 0.25) is 5.91 Å². The minimum absolute atomic E-state index is 0.0511. The van der Waals surface area contributed by atoms with E-state index in [0.717, 1.165) is 22.7 Å². The number of aromatic hydroxyl groups is 2. The van der Waals surface area contributed by atoms with Gasteiger partial charge in [-0.05, 0) is 25.1 Å². The number of aliphatic carboxylic acids is 1. The third-order valence-electron chi connectivity index (χ3n) is 3.53. The lowest BCUT2D eigenvalue weighted by molar-refractivity contribution is -0.137. The summed E-state index contributed by atoms with van der Waals surface area (Å²) in [4.78, 5) is 36.5. The van der Waals surface area contributed by atoms with Crippen molar-refractivity contribution < 1.29 is 29.7 Å². The van der Waals surface area contributed by atoms with Crippen molar-refractivity contribution in [2.75, 3.05) is 6.54 Å². The summed E-state index contributed by atoms with van der Waals surface area (Å²) >= 11 is 6.15. The van der Waals surface area contributed by atoms with E-state index in [2.05, 4.69) is 5.32 Å². The predicted octanol–water partition coefficient (Wildman–Crippen LogP) is 1.28. The van der Waals surface area contributed by atoms with E-state index in [9.17, 15) is 24.6 Å². The monoisotopic (exact) mass is 396 g/mol. The lowest BCUT2D eigenvalue weighted by atomic mass is 10.1. The highest BCUT2D eigenvalue weighted by Crippen LogP contribution is 2.35. The van der Waals surface area contributed by atoms with E-state index in [1.807, 2.05) is 0 Å². The molecule has 1 unspecified atom stereocenters. The highest BCUT2D eigenvalue weighted by molar-refractivity contribution is 8.26. The standard InChI is InChI=1S/C16H16N2O6S2/c1-8(14(23)17-5-4-13(21)22)18-15(24)12(26-16(18)25)6-9-2-3-10(19)7-11(9)20/h2-3,6-8,19-20H,4-5H2,1H3,(H,17,23)(H,21,22)/b12-6-. The number of nitrogens with one attached hydrogen (secondary N) is 1. The van der Waals surface area contributed by atoms with Crippen LogP contribution in [-0.4, -0.2) is 54.9 Å². The summed E-state index contributed by atoms with van der Waals surface area (Å²) in [7, 11) is 0. The number of hydrogen-bond donors (Lipinski definition) is 4. The number of amides is 2. The van der Waals surface area contributed by atoms with E-state index in [1.165, 1.54) is 25.1 Å². The van der Waals surface area contributed by atoms with Crippen molar-refractivity contribution in [1.82, 2.24) is 10.2 Å². The van der Waals surface area contributed by atoms with Crippen molar-refractivity contribution in [2.45, 2.75) is 19.4 Å². The Morgan fingerprint density at radius 1 is 1.38 bits per heavy atom. The van der Waals surface area contributed by atoms with Crippen LogP contribution in [-0.2, 0) is 14.4 Å². The summed E-state index contributed by atoms with van der Waals surface area (Å²) in [5.74, 6) is -2.36. The molecule has 0 saturated carbocycles. The fourth-order valence-corrected chi connectivity index (χ4v) is 3.58. The highest BCUT2D eigenvalue weighted by atomic mass is 32.2. The zero-order valence-corrected chi connectivity index (χ0v) is 15.3. The van der Waals surface area contributed by atoms with Crippen molar-refractivity contribution in [1.29, 1.82) is 0 Å².